The Balaban J connectivity index is 2.04. The van der Waals surface area contributed by atoms with Gasteiger partial charge in [-0.25, -0.2) is 0 Å². The molecule has 6 heteroatoms. The maximum Gasteiger partial charge on any atom is 0.253 e. The average Bonchev–Trinajstić information content (AvgIpc) is 2.78. The van der Waals surface area contributed by atoms with Gasteiger partial charge in [-0.3, -0.25) is 4.79 Å². The summed E-state index contributed by atoms with van der Waals surface area (Å²) in [6.45, 7) is 0.291. The van der Waals surface area contributed by atoms with Crippen molar-refractivity contribution in [3.8, 4) is 0 Å². The molecule has 5 N–H and O–H groups in total. The van der Waals surface area contributed by atoms with E-state index in [1.165, 1.54) is 6.26 Å². The first-order valence-corrected chi connectivity index (χ1v) is 4.99. The Bertz CT molecular complexity index is 522. The summed E-state index contributed by atoms with van der Waals surface area (Å²) in [5, 5.41) is 6.36. The smallest absolute Gasteiger partial charge is 0.253 e. The van der Waals surface area contributed by atoms with Gasteiger partial charge in [-0.1, -0.05) is 5.16 Å². The molecule has 0 fully saturated rings. The normalized spacial score (nSPS) is 10.1. The van der Waals surface area contributed by atoms with Crippen molar-refractivity contribution in [2.24, 2.45) is 0 Å². The Kier molecular flexibility index (Phi) is 2.95. The molecule has 0 saturated carbocycles. The van der Waals surface area contributed by atoms with E-state index >= 15 is 0 Å². The van der Waals surface area contributed by atoms with Crippen LogP contribution in [0.15, 0.2) is 35.1 Å². The molecule has 0 aliphatic heterocycles. The fraction of sp³-hybridized carbons (Fsp3) is 0.0909. The minimum absolute atomic E-state index is 0.273. The molecule has 0 bridgehead atoms. The number of aromatic nitrogens is 1. The highest BCUT2D eigenvalue weighted by Gasteiger charge is 2.09. The van der Waals surface area contributed by atoms with Crippen molar-refractivity contribution in [2.75, 3.05) is 11.5 Å². The number of amides is 1. The molecule has 0 unspecified atom stereocenters. The SMILES string of the molecule is Nc1ccc(C(=O)NCc2ccon2)c(N)c1. The number of hydrogen-bond acceptors (Lipinski definition) is 5. The molecule has 0 aliphatic carbocycles. The summed E-state index contributed by atoms with van der Waals surface area (Å²) in [6.07, 6.45) is 1.44. The molecule has 1 heterocycles. The molecule has 0 atom stereocenters. The van der Waals surface area contributed by atoms with Crippen LogP contribution in [0, 0.1) is 0 Å². The van der Waals surface area contributed by atoms with E-state index in [-0.39, 0.29) is 5.91 Å². The second-order valence-electron chi connectivity index (χ2n) is 3.52. The summed E-state index contributed by atoms with van der Waals surface area (Å²) >= 11 is 0. The van der Waals surface area contributed by atoms with Crippen molar-refractivity contribution in [2.45, 2.75) is 6.54 Å². The predicted molar refractivity (Wildman–Crippen MR) is 62.9 cm³/mol. The van der Waals surface area contributed by atoms with Gasteiger partial charge in [-0.15, -0.1) is 0 Å². The summed E-state index contributed by atoms with van der Waals surface area (Å²) in [6, 6.07) is 6.43. The zero-order valence-electron chi connectivity index (χ0n) is 9.01. The van der Waals surface area contributed by atoms with Crippen LogP contribution in [0.3, 0.4) is 0 Å². The summed E-state index contributed by atoms with van der Waals surface area (Å²) in [5.41, 5.74) is 13.2. The number of nitrogen functional groups attached to an aromatic ring is 2. The maximum absolute atomic E-state index is 11.8. The Morgan fingerprint density at radius 2 is 2.18 bits per heavy atom. The number of carbonyl (C=O) groups excluding carboxylic acids is 1. The monoisotopic (exact) mass is 232 g/mol. The molecule has 2 aromatic rings. The van der Waals surface area contributed by atoms with Gasteiger partial charge in [-0.2, -0.15) is 0 Å². The lowest BCUT2D eigenvalue weighted by molar-refractivity contribution is 0.0951. The molecule has 0 radical (unpaired) electrons. The fourth-order valence-corrected chi connectivity index (χ4v) is 1.38. The average molecular weight is 232 g/mol. The van der Waals surface area contributed by atoms with E-state index in [0.29, 0.717) is 29.2 Å². The summed E-state index contributed by atoms with van der Waals surface area (Å²) < 4.78 is 4.65. The summed E-state index contributed by atoms with van der Waals surface area (Å²) in [5.74, 6) is -0.273. The zero-order chi connectivity index (χ0) is 12.3. The van der Waals surface area contributed by atoms with Gasteiger partial charge in [-0.05, 0) is 18.2 Å². The highest BCUT2D eigenvalue weighted by molar-refractivity contribution is 5.99. The van der Waals surface area contributed by atoms with E-state index < -0.39 is 0 Å². The molecule has 17 heavy (non-hydrogen) atoms. The van der Waals surface area contributed by atoms with Crippen LogP contribution in [0.4, 0.5) is 11.4 Å². The number of carbonyl (C=O) groups is 1. The first-order valence-electron chi connectivity index (χ1n) is 4.99. The number of benzene rings is 1. The minimum atomic E-state index is -0.273. The van der Waals surface area contributed by atoms with Crippen LogP contribution in [0.5, 0.6) is 0 Å². The third-order valence-corrected chi connectivity index (χ3v) is 2.24. The maximum atomic E-state index is 11.8. The summed E-state index contributed by atoms with van der Waals surface area (Å²) in [7, 11) is 0. The Morgan fingerprint density at radius 3 is 2.82 bits per heavy atom. The van der Waals surface area contributed by atoms with Gasteiger partial charge < -0.3 is 21.3 Å². The topological polar surface area (TPSA) is 107 Å². The van der Waals surface area contributed by atoms with Crippen LogP contribution < -0.4 is 16.8 Å². The predicted octanol–water partition coefficient (Wildman–Crippen LogP) is 0.769. The lowest BCUT2D eigenvalue weighted by atomic mass is 10.1. The molecular weight excluding hydrogens is 220 g/mol. The molecule has 1 aromatic heterocycles. The van der Waals surface area contributed by atoms with Gasteiger partial charge in [0, 0.05) is 17.4 Å². The highest BCUT2D eigenvalue weighted by atomic mass is 16.5. The van der Waals surface area contributed by atoms with Crippen LogP contribution in [0.1, 0.15) is 16.1 Å². The second kappa shape index (κ2) is 4.56. The minimum Gasteiger partial charge on any atom is -0.399 e. The van der Waals surface area contributed by atoms with Crippen LogP contribution in [0.2, 0.25) is 0 Å². The first kappa shape index (κ1) is 11.0. The lowest BCUT2D eigenvalue weighted by Crippen LogP contribution is -2.24. The third kappa shape index (κ3) is 2.54. The number of rotatable bonds is 3. The van der Waals surface area contributed by atoms with E-state index in [0.717, 1.165) is 0 Å². The van der Waals surface area contributed by atoms with Gasteiger partial charge in [0.1, 0.15) is 12.0 Å². The van der Waals surface area contributed by atoms with Crippen LogP contribution in [-0.2, 0) is 6.54 Å². The number of nitrogens with one attached hydrogen (secondary N) is 1. The van der Waals surface area contributed by atoms with Crippen molar-refractivity contribution in [1.82, 2.24) is 10.5 Å². The molecule has 88 valence electrons. The summed E-state index contributed by atoms with van der Waals surface area (Å²) in [4.78, 5) is 11.8. The van der Waals surface area contributed by atoms with E-state index in [1.54, 1.807) is 24.3 Å². The standard InChI is InChI=1S/C11H12N4O2/c12-7-1-2-9(10(13)5-7)11(16)14-6-8-3-4-17-15-8/h1-5H,6,12-13H2,(H,14,16). The van der Waals surface area contributed by atoms with Gasteiger partial charge in [0.15, 0.2) is 0 Å². The van der Waals surface area contributed by atoms with E-state index in [2.05, 4.69) is 15.0 Å². The molecule has 2 rings (SSSR count). The number of nitrogens with zero attached hydrogens (tertiary/aromatic N) is 1. The zero-order valence-corrected chi connectivity index (χ0v) is 9.01. The fourth-order valence-electron chi connectivity index (χ4n) is 1.38. The molecule has 0 aliphatic rings. The van der Waals surface area contributed by atoms with Crippen molar-refractivity contribution in [3.05, 3.63) is 41.8 Å². The molecular formula is C11H12N4O2. The van der Waals surface area contributed by atoms with E-state index in [4.69, 9.17) is 11.5 Å². The van der Waals surface area contributed by atoms with Crippen molar-refractivity contribution in [1.29, 1.82) is 0 Å². The molecule has 1 aromatic carbocycles. The Labute approximate surface area is 97.6 Å². The lowest BCUT2D eigenvalue weighted by Gasteiger charge is -2.06. The number of anilines is 2. The van der Waals surface area contributed by atoms with Crippen molar-refractivity contribution < 1.29 is 9.32 Å². The van der Waals surface area contributed by atoms with E-state index in [9.17, 15) is 4.79 Å². The quantitative estimate of drug-likeness (QED) is 0.677. The van der Waals surface area contributed by atoms with Crippen molar-refractivity contribution in [3.63, 3.8) is 0 Å². The van der Waals surface area contributed by atoms with Crippen LogP contribution in [-0.4, -0.2) is 11.1 Å². The highest BCUT2D eigenvalue weighted by Crippen LogP contribution is 2.15. The van der Waals surface area contributed by atoms with Crippen molar-refractivity contribution >= 4 is 17.3 Å². The van der Waals surface area contributed by atoms with Crippen LogP contribution in [0.25, 0.3) is 0 Å². The number of nitrogens with two attached hydrogens (primary N) is 2. The van der Waals surface area contributed by atoms with Gasteiger partial charge >= 0.3 is 0 Å². The molecule has 0 saturated heterocycles. The van der Waals surface area contributed by atoms with Crippen LogP contribution >= 0.6 is 0 Å². The third-order valence-electron chi connectivity index (χ3n) is 2.24. The Hall–Kier alpha value is -2.50. The molecule has 1 amide bonds. The molecule has 6 nitrogen and oxygen atoms in total. The largest absolute Gasteiger partial charge is 0.399 e. The van der Waals surface area contributed by atoms with E-state index in [1.807, 2.05) is 0 Å². The molecule has 0 spiro atoms. The van der Waals surface area contributed by atoms with Gasteiger partial charge in [0.2, 0.25) is 0 Å². The second-order valence-corrected chi connectivity index (χ2v) is 3.52. The Morgan fingerprint density at radius 1 is 1.35 bits per heavy atom. The first-order chi connectivity index (χ1) is 8.16. The number of hydrogen-bond donors (Lipinski definition) is 3. The van der Waals surface area contributed by atoms with Gasteiger partial charge in [0.05, 0.1) is 12.1 Å². The van der Waals surface area contributed by atoms with Gasteiger partial charge in [0.25, 0.3) is 5.91 Å².